The van der Waals surface area contributed by atoms with Crippen molar-refractivity contribution < 1.29 is 5.11 Å². The number of piperidine rings is 1. The minimum atomic E-state index is 0.251. The summed E-state index contributed by atoms with van der Waals surface area (Å²) in [5.41, 5.74) is 2.52. The Hall–Kier alpha value is -2.15. The molecule has 2 aromatic heterocycles. The van der Waals surface area contributed by atoms with Gasteiger partial charge >= 0.3 is 0 Å². The van der Waals surface area contributed by atoms with E-state index in [9.17, 15) is 5.11 Å². The Labute approximate surface area is 161 Å². The summed E-state index contributed by atoms with van der Waals surface area (Å²) in [6.07, 6.45) is 4.85. The van der Waals surface area contributed by atoms with E-state index < -0.39 is 0 Å². The van der Waals surface area contributed by atoms with Gasteiger partial charge in [-0.15, -0.1) is 0 Å². The second-order valence-electron chi connectivity index (χ2n) is 8.12. The van der Waals surface area contributed by atoms with Crippen molar-refractivity contribution in [2.24, 2.45) is 13.0 Å². The third-order valence-electron chi connectivity index (χ3n) is 5.87. The molecule has 0 spiro atoms. The summed E-state index contributed by atoms with van der Waals surface area (Å²) in [6.45, 7) is 8.25. The fourth-order valence-electron chi connectivity index (χ4n) is 4.37. The SMILES string of the molecule is CC(C)c1nc2c(n1C)CCN(c1cc(N3CCCC(CO)C3)ncn1)C2. The summed E-state index contributed by atoms with van der Waals surface area (Å²) in [4.78, 5) is 18.5. The predicted molar refractivity (Wildman–Crippen MR) is 106 cm³/mol. The molecule has 7 heteroatoms. The highest BCUT2D eigenvalue weighted by molar-refractivity contribution is 5.51. The van der Waals surface area contributed by atoms with Crippen molar-refractivity contribution >= 4 is 11.6 Å². The molecule has 4 rings (SSSR count). The van der Waals surface area contributed by atoms with Crippen molar-refractivity contribution in [3.05, 3.63) is 29.6 Å². The van der Waals surface area contributed by atoms with Crippen molar-refractivity contribution in [3.63, 3.8) is 0 Å². The fourth-order valence-corrected chi connectivity index (χ4v) is 4.37. The zero-order valence-electron chi connectivity index (χ0n) is 16.6. The molecule has 0 aromatic carbocycles. The Morgan fingerprint density at radius 3 is 2.70 bits per heavy atom. The molecule has 0 radical (unpaired) electrons. The third-order valence-corrected chi connectivity index (χ3v) is 5.87. The van der Waals surface area contributed by atoms with Crippen LogP contribution in [0, 0.1) is 5.92 Å². The van der Waals surface area contributed by atoms with Gasteiger partial charge in [0, 0.05) is 57.4 Å². The summed E-state index contributed by atoms with van der Waals surface area (Å²) >= 11 is 0. The largest absolute Gasteiger partial charge is 0.396 e. The lowest BCUT2D eigenvalue weighted by molar-refractivity contribution is 0.208. The van der Waals surface area contributed by atoms with Crippen LogP contribution in [0.2, 0.25) is 0 Å². The topological polar surface area (TPSA) is 70.3 Å². The van der Waals surface area contributed by atoms with Gasteiger partial charge in [-0.25, -0.2) is 15.0 Å². The maximum atomic E-state index is 9.49. The number of hydrogen-bond donors (Lipinski definition) is 1. The first-order valence-electron chi connectivity index (χ1n) is 10.0. The van der Waals surface area contributed by atoms with E-state index in [0.717, 1.165) is 62.9 Å². The Kier molecular flexibility index (Phi) is 5.04. The first kappa shape index (κ1) is 18.2. The number of aliphatic hydroxyl groups excluding tert-OH is 1. The van der Waals surface area contributed by atoms with E-state index in [2.05, 4.69) is 51.3 Å². The van der Waals surface area contributed by atoms with E-state index in [1.165, 1.54) is 11.4 Å². The van der Waals surface area contributed by atoms with Crippen molar-refractivity contribution in [3.8, 4) is 0 Å². The number of anilines is 2. The summed E-state index contributed by atoms with van der Waals surface area (Å²) in [5.74, 6) is 3.87. The first-order valence-corrected chi connectivity index (χ1v) is 10.0. The number of aliphatic hydroxyl groups is 1. The number of nitrogens with zero attached hydrogens (tertiary/aromatic N) is 6. The van der Waals surface area contributed by atoms with Gasteiger partial charge in [-0.2, -0.15) is 0 Å². The normalized spacial score (nSPS) is 20.3. The predicted octanol–water partition coefficient (Wildman–Crippen LogP) is 2.10. The highest BCUT2D eigenvalue weighted by Gasteiger charge is 2.26. The van der Waals surface area contributed by atoms with Gasteiger partial charge < -0.3 is 19.5 Å². The Morgan fingerprint density at radius 2 is 1.96 bits per heavy atom. The van der Waals surface area contributed by atoms with Gasteiger partial charge in [0.1, 0.15) is 23.8 Å². The highest BCUT2D eigenvalue weighted by Crippen LogP contribution is 2.28. The standard InChI is InChI=1S/C20H30N6O/c1-14(2)20-23-16-11-26(8-6-17(16)24(20)3)19-9-18(21-13-22-19)25-7-4-5-15(10-25)12-27/h9,13-15,27H,4-8,10-12H2,1-3H3. The van der Waals surface area contributed by atoms with Crippen molar-refractivity contribution in [2.45, 2.75) is 45.6 Å². The monoisotopic (exact) mass is 370 g/mol. The molecule has 7 nitrogen and oxygen atoms in total. The molecule has 2 aromatic rings. The smallest absolute Gasteiger partial charge is 0.134 e. The average Bonchev–Trinajstić information content (AvgIpc) is 3.04. The van der Waals surface area contributed by atoms with Crippen LogP contribution in [-0.4, -0.2) is 50.9 Å². The second kappa shape index (κ2) is 7.46. The highest BCUT2D eigenvalue weighted by atomic mass is 16.3. The molecule has 0 aliphatic carbocycles. The van der Waals surface area contributed by atoms with Gasteiger partial charge in [0.05, 0.1) is 12.2 Å². The lowest BCUT2D eigenvalue weighted by Gasteiger charge is -2.33. The van der Waals surface area contributed by atoms with Crippen LogP contribution in [0.5, 0.6) is 0 Å². The van der Waals surface area contributed by atoms with E-state index in [1.807, 2.05) is 0 Å². The van der Waals surface area contributed by atoms with E-state index in [-0.39, 0.29) is 6.61 Å². The molecule has 0 saturated carbocycles. The zero-order valence-corrected chi connectivity index (χ0v) is 16.6. The van der Waals surface area contributed by atoms with Gasteiger partial charge in [-0.3, -0.25) is 0 Å². The van der Waals surface area contributed by atoms with Crippen LogP contribution in [0.25, 0.3) is 0 Å². The van der Waals surface area contributed by atoms with Crippen LogP contribution >= 0.6 is 0 Å². The molecular weight excluding hydrogens is 340 g/mol. The van der Waals surface area contributed by atoms with E-state index in [1.54, 1.807) is 6.33 Å². The van der Waals surface area contributed by atoms with Crippen LogP contribution in [0.1, 0.15) is 49.8 Å². The quantitative estimate of drug-likeness (QED) is 0.889. The summed E-state index contributed by atoms with van der Waals surface area (Å²) in [6, 6.07) is 2.09. The van der Waals surface area contributed by atoms with Crippen molar-refractivity contribution in [1.29, 1.82) is 0 Å². The molecule has 1 atom stereocenters. The summed E-state index contributed by atoms with van der Waals surface area (Å²) in [5, 5.41) is 9.49. The van der Waals surface area contributed by atoms with Crippen LogP contribution in [0.15, 0.2) is 12.4 Å². The summed E-state index contributed by atoms with van der Waals surface area (Å²) < 4.78 is 2.27. The molecule has 1 saturated heterocycles. The lowest BCUT2D eigenvalue weighted by atomic mass is 9.99. The van der Waals surface area contributed by atoms with Gasteiger partial charge in [0.2, 0.25) is 0 Å². The zero-order chi connectivity index (χ0) is 19.0. The second-order valence-corrected chi connectivity index (χ2v) is 8.12. The lowest BCUT2D eigenvalue weighted by Crippen LogP contribution is -2.37. The van der Waals surface area contributed by atoms with Crippen molar-refractivity contribution in [1.82, 2.24) is 19.5 Å². The number of fused-ring (bicyclic) bond motifs is 1. The molecule has 0 amide bonds. The number of rotatable bonds is 4. The molecule has 4 heterocycles. The molecule has 1 N–H and O–H groups in total. The van der Waals surface area contributed by atoms with E-state index in [0.29, 0.717) is 11.8 Å². The number of hydrogen-bond acceptors (Lipinski definition) is 6. The van der Waals surface area contributed by atoms with E-state index in [4.69, 9.17) is 4.98 Å². The Bertz CT molecular complexity index is 802. The summed E-state index contributed by atoms with van der Waals surface area (Å²) in [7, 11) is 2.13. The molecule has 0 bridgehead atoms. The molecule has 1 unspecified atom stereocenters. The number of imidazole rings is 1. The van der Waals surface area contributed by atoms with E-state index >= 15 is 0 Å². The molecule has 2 aliphatic rings. The van der Waals surface area contributed by atoms with Crippen LogP contribution in [0.4, 0.5) is 11.6 Å². The molecule has 146 valence electrons. The van der Waals surface area contributed by atoms with Crippen LogP contribution < -0.4 is 9.80 Å². The molecule has 2 aliphatic heterocycles. The Morgan fingerprint density at radius 1 is 1.19 bits per heavy atom. The molecular formula is C20H30N6O. The van der Waals surface area contributed by atoms with Gasteiger partial charge in [0.15, 0.2) is 0 Å². The maximum absolute atomic E-state index is 9.49. The number of aromatic nitrogens is 4. The average molecular weight is 371 g/mol. The fraction of sp³-hybridized carbons (Fsp3) is 0.650. The van der Waals surface area contributed by atoms with Gasteiger partial charge in [0.25, 0.3) is 0 Å². The van der Waals surface area contributed by atoms with Crippen molar-refractivity contribution in [2.75, 3.05) is 36.0 Å². The van der Waals surface area contributed by atoms with Gasteiger partial charge in [-0.1, -0.05) is 13.8 Å². The van der Waals surface area contributed by atoms with Gasteiger partial charge in [-0.05, 0) is 18.8 Å². The minimum absolute atomic E-state index is 0.251. The van der Waals surface area contributed by atoms with Crippen LogP contribution in [0.3, 0.4) is 0 Å². The molecule has 1 fully saturated rings. The first-order chi connectivity index (χ1) is 13.1. The third kappa shape index (κ3) is 3.52. The maximum Gasteiger partial charge on any atom is 0.134 e. The minimum Gasteiger partial charge on any atom is -0.396 e. The van der Waals surface area contributed by atoms with Crippen LogP contribution in [-0.2, 0) is 20.0 Å². The Balaban J connectivity index is 1.54. The molecule has 27 heavy (non-hydrogen) atoms.